The second-order valence-corrected chi connectivity index (χ2v) is 8.15. The highest BCUT2D eigenvalue weighted by Gasteiger charge is 2.29. The van der Waals surface area contributed by atoms with Crippen LogP contribution >= 0.6 is 0 Å². The Labute approximate surface area is 182 Å². The summed E-state index contributed by atoms with van der Waals surface area (Å²) in [6.45, 7) is 2.75. The number of aromatic nitrogens is 1. The molecule has 0 bridgehead atoms. The molecule has 1 aromatic heterocycles. The van der Waals surface area contributed by atoms with Crippen molar-refractivity contribution in [2.45, 2.75) is 32.2 Å². The van der Waals surface area contributed by atoms with E-state index in [2.05, 4.69) is 43.3 Å². The first-order valence-corrected chi connectivity index (χ1v) is 10.7. The van der Waals surface area contributed by atoms with Crippen molar-refractivity contribution in [1.29, 1.82) is 0 Å². The molecule has 31 heavy (non-hydrogen) atoms. The van der Waals surface area contributed by atoms with Crippen molar-refractivity contribution in [3.63, 3.8) is 0 Å². The molecule has 2 unspecified atom stereocenters. The van der Waals surface area contributed by atoms with E-state index in [0.717, 1.165) is 24.0 Å². The molecule has 0 amide bonds. The van der Waals surface area contributed by atoms with Crippen LogP contribution in [0.25, 0.3) is 5.57 Å². The zero-order valence-electron chi connectivity index (χ0n) is 18.0. The zero-order valence-corrected chi connectivity index (χ0v) is 18.0. The standard InChI is InChI=1S/C27H27NO3/c1-19-17-25(27(30)31-2)24-8-4-3-7-23(24)22(19)15-14-20-10-12-21(13-11-20)18-28-16-6-5-9-26(28)29/h3-13,16-17,19,22H,14-15,18H2,1-2H3. The van der Waals surface area contributed by atoms with Gasteiger partial charge in [-0.15, -0.1) is 0 Å². The Kier molecular flexibility index (Phi) is 6.17. The number of methoxy groups -OCH3 is 1. The van der Waals surface area contributed by atoms with Crippen LogP contribution in [0.3, 0.4) is 0 Å². The number of carbonyl (C=O) groups excluding carboxylic acids is 1. The molecule has 4 heteroatoms. The molecular formula is C27H27NO3. The molecule has 0 fully saturated rings. The predicted molar refractivity (Wildman–Crippen MR) is 123 cm³/mol. The van der Waals surface area contributed by atoms with Crippen molar-refractivity contribution < 1.29 is 9.53 Å². The number of allylic oxidation sites excluding steroid dienone is 1. The first kappa shape index (κ1) is 20.9. The van der Waals surface area contributed by atoms with Crippen molar-refractivity contribution >= 4 is 11.5 Å². The quantitative estimate of drug-likeness (QED) is 0.545. The average molecular weight is 414 g/mol. The number of fused-ring (bicyclic) bond motifs is 1. The fourth-order valence-corrected chi connectivity index (χ4v) is 4.45. The lowest BCUT2D eigenvalue weighted by atomic mass is 9.74. The number of ether oxygens (including phenoxy) is 1. The number of hydrogen-bond acceptors (Lipinski definition) is 3. The molecule has 1 heterocycles. The van der Waals surface area contributed by atoms with Crippen molar-refractivity contribution in [2.75, 3.05) is 7.11 Å². The number of benzene rings is 2. The highest BCUT2D eigenvalue weighted by atomic mass is 16.5. The molecule has 2 atom stereocenters. The van der Waals surface area contributed by atoms with Crippen molar-refractivity contribution in [2.24, 2.45) is 5.92 Å². The molecule has 0 aliphatic heterocycles. The molecule has 0 radical (unpaired) electrons. The molecular weight excluding hydrogens is 386 g/mol. The summed E-state index contributed by atoms with van der Waals surface area (Å²) in [6.07, 6.45) is 5.82. The van der Waals surface area contributed by atoms with Gasteiger partial charge >= 0.3 is 5.97 Å². The van der Waals surface area contributed by atoms with Gasteiger partial charge < -0.3 is 9.30 Å². The smallest absolute Gasteiger partial charge is 0.338 e. The summed E-state index contributed by atoms with van der Waals surface area (Å²) in [5, 5.41) is 0. The first-order valence-electron chi connectivity index (χ1n) is 10.7. The summed E-state index contributed by atoms with van der Waals surface area (Å²) in [5.74, 6) is 0.339. The number of nitrogens with zero attached hydrogens (tertiary/aromatic N) is 1. The van der Waals surface area contributed by atoms with E-state index in [1.54, 1.807) is 16.7 Å². The van der Waals surface area contributed by atoms with Crippen LogP contribution in [0.4, 0.5) is 0 Å². The van der Waals surface area contributed by atoms with Crippen molar-refractivity contribution in [3.8, 4) is 0 Å². The third-order valence-electron chi connectivity index (χ3n) is 6.14. The topological polar surface area (TPSA) is 48.3 Å². The van der Waals surface area contributed by atoms with Crippen LogP contribution in [0.5, 0.6) is 0 Å². The summed E-state index contributed by atoms with van der Waals surface area (Å²) in [5.41, 5.74) is 5.27. The molecule has 0 N–H and O–H groups in total. The molecule has 0 saturated carbocycles. The van der Waals surface area contributed by atoms with Crippen LogP contribution < -0.4 is 5.56 Å². The monoisotopic (exact) mass is 413 g/mol. The second kappa shape index (κ2) is 9.17. The molecule has 4 nitrogen and oxygen atoms in total. The van der Waals surface area contributed by atoms with Gasteiger partial charge in [0.1, 0.15) is 0 Å². The minimum Gasteiger partial charge on any atom is -0.465 e. The van der Waals surface area contributed by atoms with E-state index in [9.17, 15) is 9.59 Å². The Bertz CT molecular complexity index is 1160. The fourth-order valence-electron chi connectivity index (χ4n) is 4.45. The third-order valence-corrected chi connectivity index (χ3v) is 6.14. The minimum absolute atomic E-state index is 0.0101. The summed E-state index contributed by atoms with van der Waals surface area (Å²) in [6, 6.07) is 21.9. The lowest BCUT2D eigenvalue weighted by Crippen LogP contribution is -2.19. The molecule has 3 aromatic rings. The van der Waals surface area contributed by atoms with Crippen LogP contribution in [-0.2, 0) is 22.5 Å². The summed E-state index contributed by atoms with van der Waals surface area (Å²) in [4.78, 5) is 24.1. The van der Waals surface area contributed by atoms with Crippen LogP contribution in [-0.4, -0.2) is 17.6 Å². The summed E-state index contributed by atoms with van der Waals surface area (Å²) >= 11 is 0. The Hall–Kier alpha value is -3.40. The lowest BCUT2D eigenvalue weighted by molar-refractivity contribution is -0.133. The van der Waals surface area contributed by atoms with Crippen LogP contribution in [0.15, 0.2) is 83.8 Å². The van der Waals surface area contributed by atoms with Gasteiger partial charge in [-0.1, -0.05) is 67.6 Å². The molecule has 2 aromatic carbocycles. The Balaban J connectivity index is 1.47. The van der Waals surface area contributed by atoms with Gasteiger partial charge in [0.25, 0.3) is 5.56 Å². The largest absolute Gasteiger partial charge is 0.465 e. The molecule has 4 rings (SSSR count). The number of pyridine rings is 1. The number of esters is 1. The van der Waals surface area contributed by atoms with Gasteiger partial charge in [-0.2, -0.15) is 0 Å². The molecule has 0 saturated heterocycles. The highest BCUT2D eigenvalue weighted by molar-refractivity contribution is 6.17. The van der Waals surface area contributed by atoms with Gasteiger partial charge in [0, 0.05) is 12.3 Å². The Morgan fingerprint density at radius 2 is 1.68 bits per heavy atom. The van der Waals surface area contributed by atoms with Crippen molar-refractivity contribution in [1.82, 2.24) is 4.57 Å². The van der Waals surface area contributed by atoms with Gasteiger partial charge in [-0.05, 0) is 53.0 Å². The highest BCUT2D eigenvalue weighted by Crippen LogP contribution is 2.40. The third kappa shape index (κ3) is 4.53. The number of hydrogen-bond donors (Lipinski definition) is 0. The van der Waals surface area contributed by atoms with Crippen LogP contribution in [0, 0.1) is 5.92 Å². The lowest BCUT2D eigenvalue weighted by Gasteiger charge is -2.30. The van der Waals surface area contributed by atoms with E-state index in [1.807, 2.05) is 30.5 Å². The Morgan fingerprint density at radius 1 is 0.968 bits per heavy atom. The van der Waals surface area contributed by atoms with Crippen molar-refractivity contribution in [3.05, 3.63) is 112 Å². The number of aryl methyl sites for hydroxylation is 1. The first-order chi connectivity index (χ1) is 15.1. The van der Waals surface area contributed by atoms with E-state index in [0.29, 0.717) is 18.0 Å². The van der Waals surface area contributed by atoms with E-state index >= 15 is 0 Å². The fraction of sp³-hybridized carbons (Fsp3) is 0.259. The summed E-state index contributed by atoms with van der Waals surface area (Å²) < 4.78 is 6.70. The maximum atomic E-state index is 12.2. The SMILES string of the molecule is COC(=O)C1=CC(C)C(CCc2ccc(Cn3ccccc3=O)cc2)c2ccccc21. The van der Waals surface area contributed by atoms with Crippen LogP contribution in [0.2, 0.25) is 0 Å². The minimum atomic E-state index is -0.272. The van der Waals surface area contributed by atoms with E-state index in [-0.39, 0.29) is 17.4 Å². The van der Waals surface area contributed by atoms with E-state index in [1.165, 1.54) is 18.2 Å². The molecule has 1 aliphatic rings. The maximum Gasteiger partial charge on any atom is 0.338 e. The van der Waals surface area contributed by atoms with Gasteiger partial charge in [0.2, 0.25) is 0 Å². The van der Waals surface area contributed by atoms with Gasteiger partial charge in [0.05, 0.1) is 19.2 Å². The second-order valence-electron chi connectivity index (χ2n) is 8.15. The van der Waals surface area contributed by atoms with Gasteiger partial charge in [-0.3, -0.25) is 4.79 Å². The van der Waals surface area contributed by atoms with Gasteiger partial charge in [0.15, 0.2) is 0 Å². The molecule has 1 aliphatic carbocycles. The predicted octanol–water partition coefficient (Wildman–Crippen LogP) is 4.82. The average Bonchev–Trinajstić information content (AvgIpc) is 2.80. The van der Waals surface area contributed by atoms with Gasteiger partial charge in [-0.25, -0.2) is 4.79 Å². The Morgan fingerprint density at radius 3 is 2.42 bits per heavy atom. The zero-order chi connectivity index (χ0) is 21.8. The maximum absolute atomic E-state index is 12.2. The number of rotatable bonds is 6. The molecule has 0 spiro atoms. The number of carbonyl (C=O) groups is 1. The molecule has 158 valence electrons. The normalized spacial score (nSPS) is 17.5. The van der Waals surface area contributed by atoms with E-state index in [4.69, 9.17) is 4.74 Å². The van der Waals surface area contributed by atoms with E-state index < -0.39 is 0 Å². The van der Waals surface area contributed by atoms with Crippen LogP contribution in [0.1, 0.15) is 41.5 Å². The summed E-state index contributed by atoms with van der Waals surface area (Å²) in [7, 11) is 1.43.